The van der Waals surface area contributed by atoms with E-state index in [1.54, 1.807) is 0 Å². The summed E-state index contributed by atoms with van der Waals surface area (Å²) in [6.07, 6.45) is 0. The molecule has 0 amide bonds. The van der Waals surface area contributed by atoms with Gasteiger partial charge in [-0.15, -0.1) is 11.3 Å². The fraction of sp³-hybridized carbons (Fsp3) is 0.333. The summed E-state index contributed by atoms with van der Waals surface area (Å²) in [6.45, 7) is 6.46. The number of benzene rings is 1. The number of aryl methyl sites for hydroxylation is 3. The van der Waals surface area contributed by atoms with Gasteiger partial charge in [0.25, 0.3) is 0 Å². The highest BCUT2D eigenvalue weighted by Crippen LogP contribution is 2.35. The van der Waals surface area contributed by atoms with Crippen molar-refractivity contribution >= 4 is 27.3 Å². The van der Waals surface area contributed by atoms with E-state index < -0.39 is 0 Å². The fourth-order valence-electron chi connectivity index (χ4n) is 2.23. The zero-order valence-electron chi connectivity index (χ0n) is 11.2. The topological polar surface area (TPSA) is 12.0 Å². The van der Waals surface area contributed by atoms with Crippen molar-refractivity contribution in [2.45, 2.75) is 26.8 Å². The van der Waals surface area contributed by atoms with Gasteiger partial charge in [0.05, 0.1) is 9.83 Å². The zero-order chi connectivity index (χ0) is 13.3. The maximum absolute atomic E-state index is 3.61. The van der Waals surface area contributed by atoms with Crippen LogP contribution in [-0.2, 0) is 0 Å². The molecule has 1 aromatic carbocycles. The Morgan fingerprint density at radius 1 is 1.11 bits per heavy atom. The Morgan fingerprint density at radius 3 is 2.33 bits per heavy atom. The molecule has 2 aromatic rings. The highest BCUT2D eigenvalue weighted by atomic mass is 79.9. The van der Waals surface area contributed by atoms with Crippen LogP contribution >= 0.6 is 27.3 Å². The van der Waals surface area contributed by atoms with Gasteiger partial charge in [-0.2, -0.15) is 0 Å². The molecule has 0 spiro atoms. The van der Waals surface area contributed by atoms with Crippen LogP contribution in [0.2, 0.25) is 0 Å². The van der Waals surface area contributed by atoms with Gasteiger partial charge in [0.1, 0.15) is 0 Å². The van der Waals surface area contributed by atoms with Gasteiger partial charge in [-0.05, 0) is 66.5 Å². The van der Waals surface area contributed by atoms with E-state index in [1.807, 2.05) is 18.4 Å². The highest BCUT2D eigenvalue weighted by Gasteiger charge is 2.17. The molecule has 0 radical (unpaired) electrons. The largest absolute Gasteiger partial charge is 0.309 e. The van der Waals surface area contributed by atoms with Crippen molar-refractivity contribution in [2.75, 3.05) is 7.05 Å². The van der Waals surface area contributed by atoms with Gasteiger partial charge < -0.3 is 5.32 Å². The molecule has 0 aliphatic rings. The maximum Gasteiger partial charge on any atom is 0.0731 e. The van der Waals surface area contributed by atoms with E-state index in [9.17, 15) is 0 Å². The van der Waals surface area contributed by atoms with Crippen LogP contribution in [0.1, 0.15) is 33.2 Å². The Morgan fingerprint density at radius 2 is 1.83 bits per heavy atom. The Bertz CT molecular complexity index is 540. The molecule has 0 aliphatic carbocycles. The van der Waals surface area contributed by atoms with Crippen LogP contribution in [-0.4, -0.2) is 7.05 Å². The van der Waals surface area contributed by atoms with E-state index in [0.29, 0.717) is 0 Å². The van der Waals surface area contributed by atoms with Gasteiger partial charge in [-0.3, -0.25) is 0 Å². The average Bonchev–Trinajstić information content (AvgIpc) is 2.63. The standard InChI is InChI=1S/C15H18BrNS/c1-9-5-6-12(10(2)7-9)14(17-4)13-8-11(3)15(16)18-13/h5-8,14,17H,1-4H3. The van der Waals surface area contributed by atoms with E-state index in [4.69, 9.17) is 0 Å². The molecular weight excluding hydrogens is 306 g/mol. The summed E-state index contributed by atoms with van der Waals surface area (Å²) in [5, 5.41) is 3.43. The van der Waals surface area contributed by atoms with Crippen molar-refractivity contribution in [3.63, 3.8) is 0 Å². The summed E-state index contributed by atoms with van der Waals surface area (Å²) in [5.74, 6) is 0. The molecule has 0 bridgehead atoms. The molecule has 1 unspecified atom stereocenters. The number of hydrogen-bond donors (Lipinski definition) is 1. The summed E-state index contributed by atoms with van der Waals surface area (Å²) >= 11 is 5.42. The maximum atomic E-state index is 3.61. The van der Waals surface area contributed by atoms with Crippen molar-refractivity contribution < 1.29 is 0 Å². The smallest absolute Gasteiger partial charge is 0.0731 e. The molecule has 0 fully saturated rings. The van der Waals surface area contributed by atoms with Gasteiger partial charge in [0.15, 0.2) is 0 Å². The number of hydrogen-bond acceptors (Lipinski definition) is 2. The zero-order valence-corrected chi connectivity index (χ0v) is 13.6. The lowest BCUT2D eigenvalue weighted by Crippen LogP contribution is -2.17. The first kappa shape index (κ1) is 13.8. The Balaban J connectivity index is 2.45. The Kier molecular flexibility index (Phi) is 4.25. The molecule has 0 saturated carbocycles. The first-order chi connectivity index (χ1) is 8.52. The van der Waals surface area contributed by atoms with Gasteiger partial charge in [-0.25, -0.2) is 0 Å². The van der Waals surface area contributed by atoms with E-state index in [1.165, 1.54) is 30.9 Å². The van der Waals surface area contributed by atoms with Crippen LogP contribution in [0.3, 0.4) is 0 Å². The molecule has 1 N–H and O–H groups in total. The Hall–Kier alpha value is -0.640. The summed E-state index contributed by atoms with van der Waals surface area (Å²) in [5.41, 5.74) is 5.32. The van der Waals surface area contributed by atoms with E-state index in [2.05, 4.69) is 66.3 Å². The molecule has 1 atom stereocenters. The summed E-state index contributed by atoms with van der Waals surface area (Å²) in [4.78, 5) is 1.36. The van der Waals surface area contributed by atoms with Crippen LogP contribution < -0.4 is 5.32 Å². The summed E-state index contributed by atoms with van der Waals surface area (Å²) in [6, 6.07) is 9.20. The van der Waals surface area contributed by atoms with Gasteiger partial charge in [0, 0.05) is 4.88 Å². The highest BCUT2D eigenvalue weighted by molar-refractivity contribution is 9.11. The second kappa shape index (κ2) is 5.55. The molecule has 0 saturated heterocycles. The first-order valence-electron chi connectivity index (χ1n) is 6.03. The molecule has 1 heterocycles. The van der Waals surface area contributed by atoms with Crippen molar-refractivity contribution in [2.24, 2.45) is 0 Å². The molecule has 0 aliphatic heterocycles. The van der Waals surface area contributed by atoms with Crippen LogP contribution in [0.4, 0.5) is 0 Å². The lowest BCUT2D eigenvalue weighted by Gasteiger charge is -2.18. The first-order valence-corrected chi connectivity index (χ1v) is 7.64. The van der Waals surface area contributed by atoms with Gasteiger partial charge >= 0.3 is 0 Å². The van der Waals surface area contributed by atoms with Crippen LogP contribution in [0.5, 0.6) is 0 Å². The molecule has 18 heavy (non-hydrogen) atoms. The van der Waals surface area contributed by atoms with Crippen molar-refractivity contribution in [3.8, 4) is 0 Å². The number of thiophene rings is 1. The van der Waals surface area contributed by atoms with Crippen LogP contribution in [0, 0.1) is 20.8 Å². The van der Waals surface area contributed by atoms with E-state index in [0.717, 1.165) is 0 Å². The molecule has 1 aromatic heterocycles. The molecule has 96 valence electrons. The van der Waals surface area contributed by atoms with Gasteiger partial charge in [-0.1, -0.05) is 23.8 Å². The van der Waals surface area contributed by atoms with Crippen molar-refractivity contribution in [1.29, 1.82) is 0 Å². The second-order valence-corrected chi connectivity index (χ2v) is 7.09. The second-order valence-electron chi connectivity index (χ2n) is 4.69. The fourth-order valence-corrected chi connectivity index (χ4v) is 3.93. The minimum atomic E-state index is 0.278. The third-order valence-electron chi connectivity index (χ3n) is 3.19. The number of nitrogens with one attached hydrogen (secondary N) is 1. The summed E-state index contributed by atoms with van der Waals surface area (Å²) < 4.78 is 1.22. The third kappa shape index (κ3) is 2.68. The monoisotopic (exact) mass is 323 g/mol. The third-order valence-corrected chi connectivity index (χ3v) is 5.39. The average molecular weight is 324 g/mol. The minimum Gasteiger partial charge on any atom is -0.309 e. The molecular formula is C15H18BrNS. The van der Waals surface area contributed by atoms with Crippen molar-refractivity contribution in [1.82, 2.24) is 5.32 Å². The van der Waals surface area contributed by atoms with E-state index in [-0.39, 0.29) is 6.04 Å². The quantitative estimate of drug-likeness (QED) is 0.859. The molecule has 1 nitrogen and oxygen atoms in total. The molecule has 2 rings (SSSR count). The van der Waals surface area contributed by atoms with Crippen LogP contribution in [0.15, 0.2) is 28.1 Å². The van der Waals surface area contributed by atoms with Gasteiger partial charge in [0.2, 0.25) is 0 Å². The lowest BCUT2D eigenvalue weighted by atomic mass is 9.98. The molecule has 3 heteroatoms. The predicted octanol–water partition coefficient (Wildman–Crippen LogP) is 4.74. The van der Waals surface area contributed by atoms with E-state index >= 15 is 0 Å². The summed E-state index contributed by atoms with van der Waals surface area (Å²) in [7, 11) is 2.02. The lowest BCUT2D eigenvalue weighted by molar-refractivity contribution is 0.699. The number of rotatable bonds is 3. The normalized spacial score (nSPS) is 12.7. The Labute approximate surface area is 121 Å². The van der Waals surface area contributed by atoms with Crippen LogP contribution in [0.25, 0.3) is 0 Å². The minimum absolute atomic E-state index is 0.278. The SMILES string of the molecule is CNC(c1cc(C)c(Br)s1)c1ccc(C)cc1C. The number of halogens is 1. The predicted molar refractivity (Wildman–Crippen MR) is 83.6 cm³/mol. The van der Waals surface area contributed by atoms with Crippen molar-refractivity contribution in [3.05, 3.63) is 55.2 Å².